The molecule has 0 saturated carbocycles. The van der Waals surface area contributed by atoms with Crippen LogP contribution in [-0.4, -0.2) is 4.92 Å². The molecule has 94 valence electrons. The van der Waals surface area contributed by atoms with Crippen LogP contribution in [0.1, 0.15) is 0 Å². The highest BCUT2D eigenvalue weighted by atomic mass is 35.5. The number of nitrogens with zero attached hydrogens (tertiary/aromatic N) is 1. The van der Waals surface area contributed by atoms with Gasteiger partial charge in [-0.1, -0.05) is 23.7 Å². The molecule has 4 nitrogen and oxygen atoms in total. The first kappa shape index (κ1) is 12.1. The van der Waals surface area contributed by atoms with Crippen molar-refractivity contribution in [3.8, 4) is 0 Å². The molecular weight excluding hydrogens is 286 g/mol. The van der Waals surface area contributed by atoms with E-state index in [1.54, 1.807) is 24.3 Å². The van der Waals surface area contributed by atoms with Crippen LogP contribution >= 0.6 is 22.9 Å². The fourth-order valence-corrected chi connectivity index (χ4v) is 3.48. The Morgan fingerprint density at radius 1 is 1.16 bits per heavy atom. The smallest absolute Gasteiger partial charge is 0.287 e. The van der Waals surface area contributed by atoms with Crippen molar-refractivity contribution in [2.24, 2.45) is 0 Å². The number of hydrogen-bond acceptors (Lipinski definition) is 4. The Balaban J connectivity index is 2.64. The average Bonchev–Trinajstić information content (AvgIpc) is 2.38. The van der Waals surface area contributed by atoms with Gasteiger partial charge in [0.2, 0.25) is 0 Å². The summed E-state index contributed by atoms with van der Waals surface area (Å²) < 4.78 is 1.03. The first-order valence-corrected chi connectivity index (χ1v) is 6.57. The van der Waals surface area contributed by atoms with E-state index in [0.717, 1.165) is 0 Å². The minimum absolute atomic E-state index is 0.0905. The first-order valence-electron chi connectivity index (χ1n) is 5.38. The third kappa shape index (κ3) is 1.78. The Morgan fingerprint density at radius 3 is 2.63 bits per heavy atom. The van der Waals surface area contributed by atoms with E-state index in [4.69, 9.17) is 11.6 Å². The standard InChI is InChI=1S/C13H6ClNO3S/c14-8-5-6-9(15(17)18)13-11(8)12(16)7-3-1-2-4-10(7)19-13/h1-6H. The van der Waals surface area contributed by atoms with Crippen molar-refractivity contribution in [3.63, 3.8) is 0 Å². The Labute approximate surface area is 116 Å². The highest BCUT2D eigenvalue weighted by Crippen LogP contribution is 2.35. The lowest BCUT2D eigenvalue weighted by atomic mass is 10.1. The van der Waals surface area contributed by atoms with E-state index in [9.17, 15) is 14.9 Å². The van der Waals surface area contributed by atoms with Gasteiger partial charge in [-0.05, 0) is 18.2 Å². The second-order valence-electron chi connectivity index (χ2n) is 3.96. The summed E-state index contributed by atoms with van der Waals surface area (Å²) in [5.74, 6) is 0. The van der Waals surface area contributed by atoms with Gasteiger partial charge in [-0.15, -0.1) is 11.3 Å². The second kappa shape index (κ2) is 4.29. The van der Waals surface area contributed by atoms with Gasteiger partial charge in [0.25, 0.3) is 5.69 Å². The van der Waals surface area contributed by atoms with Gasteiger partial charge in [0.05, 0.1) is 15.3 Å². The number of halogens is 1. The first-order chi connectivity index (χ1) is 9.09. The molecule has 0 saturated heterocycles. The van der Waals surface area contributed by atoms with E-state index in [1.165, 1.54) is 23.5 Å². The number of rotatable bonds is 1. The summed E-state index contributed by atoms with van der Waals surface area (Å²) in [5.41, 5.74) is -0.356. The molecule has 0 amide bonds. The van der Waals surface area contributed by atoms with Crippen LogP contribution in [-0.2, 0) is 0 Å². The third-order valence-corrected chi connectivity index (χ3v) is 4.36. The fourth-order valence-electron chi connectivity index (χ4n) is 1.99. The lowest BCUT2D eigenvalue weighted by Crippen LogP contribution is -2.03. The van der Waals surface area contributed by atoms with Crippen LogP contribution in [0.2, 0.25) is 5.02 Å². The van der Waals surface area contributed by atoms with Gasteiger partial charge in [-0.25, -0.2) is 0 Å². The fraction of sp³-hybridized carbons (Fsp3) is 0. The largest absolute Gasteiger partial charge is 0.288 e. The number of nitro benzene ring substituents is 1. The summed E-state index contributed by atoms with van der Waals surface area (Å²) in [6.07, 6.45) is 0. The van der Waals surface area contributed by atoms with Crippen LogP contribution in [0.25, 0.3) is 20.2 Å². The van der Waals surface area contributed by atoms with Crippen molar-refractivity contribution < 1.29 is 4.92 Å². The molecule has 0 fully saturated rings. The number of hydrogen-bond donors (Lipinski definition) is 0. The number of benzene rings is 2. The van der Waals surface area contributed by atoms with Gasteiger partial charge in [0.15, 0.2) is 5.43 Å². The van der Waals surface area contributed by atoms with Crippen molar-refractivity contribution in [3.05, 3.63) is 61.8 Å². The maximum atomic E-state index is 12.4. The molecule has 0 atom stereocenters. The third-order valence-electron chi connectivity index (χ3n) is 2.85. The van der Waals surface area contributed by atoms with E-state index in [0.29, 0.717) is 14.8 Å². The highest BCUT2D eigenvalue weighted by molar-refractivity contribution is 7.25. The van der Waals surface area contributed by atoms with E-state index in [-0.39, 0.29) is 21.5 Å². The number of fused-ring (bicyclic) bond motifs is 2. The zero-order chi connectivity index (χ0) is 13.6. The maximum Gasteiger partial charge on any atom is 0.287 e. The molecule has 0 radical (unpaired) electrons. The van der Waals surface area contributed by atoms with Crippen molar-refractivity contribution in [2.45, 2.75) is 0 Å². The van der Waals surface area contributed by atoms with Crippen molar-refractivity contribution in [1.29, 1.82) is 0 Å². The van der Waals surface area contributed by atoms with Crippen LogP contribution in [0.15, 0.2) is 41.2 Å². The van der Waals surface area contributed by atoms with Crippen LogP contribution in [0.3, 0.4) is 0 Å². The van der Waals surface area contributed by atoms with E-state index in [1.807, 2.05) is 0 Å². The summed E-state index contributed by atoms with van der Waals surface area (Å²) >= 11 is 7.23. The minimum atomic E-state index is -0.497. The Bertz CT molecular complexity index is 888. The Hall–Kier alpha value is -1.98. The van der Waals surface area contributed by atoms with Crippen molar-refractivity contribution in [2.75, 3.05) is 0 Å². The summed E-state index contributed by atoms with van der Waals surface area (Å²) in [4.78, 5) is 22.9. The van der Waals surface area contributed by atoms with Gasteiger partial charge < -0.3 is 0 Å². The van der Waals surface area contributed by atoms with E-state index in [2.05, 4.69) is 0 Å². The average molecular weight is 292 g/mol. The molecule has 0 bridgehead atoms. The SMILES string of the molecule is O=c1c2ccccc2sc2c([N+](=O)[O-])ccc(Cl)c12. The molecule has 0 unspecified atom stereocenters. The van der Waals surface area contributed by atoms with Gasteiger partial charge in [0.1, 0.15) is 4.70 Å². The predicted molar refractivity (Wildman–Crippen MR) is 77.3 cm³/mol. The molecule has 0 aliphatic carbocycles. The lowest BCUT2D eigenvalue weighted by molar-refractivity contribution is -0.382. The second-order valence-corrected chi connectivity index (χ2v) is 5.41. The molecular formula is C13H6ClNO3S. The summed E-state index contributed by atoms with van der Waals surface area (Å²) in [5, 5.41) is 12.0. The normalized spacial score (nSPS) is 11.0. The zero-order valence-corrected chi connectivity index (χ0v) is 11.0. The van der Waals surface area contributed by atoms with Gasteiger partial charge in [-0.2, -0.15) is 0 Å². The topological polar surface area (TPSA) is 60.2 Å². The molecule has 0 spiro atoms. The van der Waals surface area contributed by atoms with Gasteiger partial charge >= 0.3 is 0 Å². The van der Waals surface area contributed by atoms with Crippen LogP contribution in [0.4, 0.5) is 5.69 Å². The number of nitro groups is 1. The highest BCUT2D eigenvalue weighted by Gasteiger charge is 2.18. The monoisotopic (exact) mass is 291 g/mol. The summed E-state index contributed by atoms with van der Waals surface area (Å²) in [6.45, 7) is 0. The predicted octanol–water partition coefficient (Wildman–Crippen LogP) is 3.98. The molecule has 6 heteroatoms. The molecule has 0 N–H and O–H groups in total. The van der Waals surface area contributed by atoms with Crippen LogP contribution in [0.5, 0.6) is 0 Å². The van der Waals surface area contributed by atoms with Gasteiger partial charge in [0, 0.05) is 16.2 Å². The van der Waals surface area contributed by atoms with Crippen molar-refractivity contribution >= 4 is 48.8 Å². The van der Waals surface area contributed by atoms with Crippen molar-refractivity contribution in [1.82, 2.24) is 0 Å². The minimum Gasteiger partial charge on any atom is -0.288 e. The Morgan fingerprint density at radius 2 is 1.89 bits per heavy atom. The molecule has 1 heterocycles. The maximum absolute atomic E-state index is 12.4. The van der Waals surface area contributed by atoms with E-state index >= 15 is 0 Å². The quantitative estimate of drug-likeness (QED) is 0.387. The molecule has 3 aromatic rings. The lowest BCUT2D eigenvalue weighted by Gasteiger charge is -2.03. The van der Waals surface area contributed by atoms with Crippen LogP contribution in [0, 0.1) is 10.1 Å². The van der Waals surface area contributed by atoms with Gasteiger partial charge in [-0.3, -0.25) is 14.9 Å². The molecule has 19 heavy (non-hydrogen) atoms. The Kier molecular flexibility index (Phi) is 2.73. The van der Waals surface area contributed by atoms with Crippen LogP contribution < -0.4 is 5.43 Å². The summed E-state index contributed by atoms with van der Waals surface area (Å²) in [6, 6.07) is 9.74. The molecule has 3 rings (SSSR count). The summed E-state index contributed by atoms with van der Waals surface area (Å²) in [7, 11) is 0. The molecule has 0 aliphatic rings. The van der Waals surface area contributed by atoms with E-state index < -0.39 is 4.92 Å². The molecule has 2 aromatic carbocycles. The molecule has 0 aliphatic heterocycles. The zero-order valence-electron chi connectivity index (χ0n) is 9.42. The molecule has 1 aromatic heterocycles. The number of non-ortho nitro benzene ring substituents is 1.